The largest absolute Gasteiger partial charge is 0.573 e. The molecule has 2 aliphatic rings. The van der Waals surface area contributed by atoms with Crippen molar-refractivity contribution in [3.63, 3.8) is 0 Å². The van der Waals surface area contributed by atoms with E-state index < -0.39 is 29.9 Å². The van der Waals surface area contributed by atoms with Crippen LogP contribution in [0, 0.1) is 5.82 Å². The average Bonchev–Trinajstić information content (AvgIpc) is 3.28. The SMILES string of the molecule is Nc1nc2cnc(C(=O)N3CC[C@H]4C[C@@H]3c3c(F)cc(OC(F)(F)F)cc3O4)cc2n2cncc12. The van der Waals surface area contributed by atoms with Crippen molar-refractivity contribution in [3.05, 3.63) is 54.0 Å². The zero-order valence-electron chi connectivity index (χ0n) is 17.8. The number of carbonyl (C=O) groups is 1. The molecular weight excluding hydrogens is 472 g/mol. The lowest BCUT2D eigenvalue weighted by Gasteiger charge is -2.43. The Kier molecular flexibility index (Phi) is 4.53. The summed E-state index contributed by atoms with van der Waals surface area (Å²) in [5.74, 6) is -1.94. The minimum atomic E-state index is -4.98. The van der Waals surface area contributed by atoms with Crippen molar-refractivity contribution in [1.82, 2.24) is 24.3 Å². The third-order valence-electron chi connectivity index (χ3n) is 6.22. The van der Waals surface area contributed by atoms with Crippen LogP contribution in [0.3, 0.4) is 0 Å². The van der Waals surface area contributed by atoms with Gasteiger partial charge in [0.05, 0.1) is 35.8 Å². The number of halogens is 4. The van der Waals surface area contributed by atoms with Gasteiger partial charge in [-0.05, 0) is 6.07 Å². The van der Waals surface area contributed by atoms with E-state index in [0.717, 1.165) is 6.07 Å². The number of nitrogen functional groups attached to an aromatic ring is 1. The molecule has 3 aromatic heterocycles. The third-order valence-corrected chi connectivity index (χ3v) is 6.22. The summed E-state index contributed by atoms with van der Waals surface area (Å²) in [5.41, 5.74) is 7.65. The van der Waals surface area contributed by atoms with Gasteiger partial charge in [-0.2, -0.15) is 0 Å². The second-order valence-electron chi connectivity index (χ2n) is 8.35. The lowest BCUT2D eigenvalue weighted by molar-refractivity contribution is -0.274. The Morgan fingerprint density at radius 2 is 2.03 bits per heavy atom. The maximum atomic E-state index is 15.0. The van der Waals surface area contributed by atoms with Gasteiger partial charge in [-0.25, -0.2) is 19.3 Å². The van der Waals surface area contributed by atoms with Crippen molar-refractivity contribution in [1.29, 1.82) is 0 Å². The number of benzene rings is 1. The van der Waals surface area contributed by atoms with Crippen molar-refractivity contribution in [3.8, 4) is 11.5 Å². The summed E-state index contributed by atoms with van der Waals surface area (Å²) in [6, 6.07) is 2.47. The Morgan fingerprint density at radius 3 is 2.83 bits per heavy atom. The number of hydrogen-bond acceptors (Lipinski definition) is 7. The van der Waals surface area contributed by atoms with Crippen LogP contribution in [-0.2, 0) is 0 Å². The summed E-state index contributed by atoms with van der Waals surface area (Å²) in [6.07, 6.45) is -0.121. The monoisotopic (exact) mass is 488 g/mol. The quantitative estimate of drug-likeness (QED) is 0.429. The summed E-state index contributed by atoms with van der Waals surface area (Å²) in [6.45, 7) is 0.258. The number of anilines is 1. The summed E-state index contributed by atoms with van der Waals surface area (Å²) < 4.78 is 64.2. The first-order valence-corrected chi connectivity index (χ1v) is 10.6. The molecule has 2 atom stereocenters. The second kappa shape index (κ2) is 7.42. The van der Waals surface area contributed by atoms with Crippen LogP contribution in [0.1, 0.15) is 34.9 Å². The molecule has 2 bridgehead atoms. The van der Waals surface area contributed by atoms with Gasteiger partial charge < -0.3 is 20.1 Å². The molecule has 4 aromatic rings. The van der Waals surface area contributed by atoms with E-state index in [2.05, 4.69) is 19.7 Å². The lowest BCUT2D eigenvalue weighted by atomic mass is 9.89. The Labute approximate surface area is 194 Å². The Bertz CT molecular complexity index is 1500. The number of amides is 1. The first-order chi connectivity index (χ1) is 16.7. The Hall–Kier alpha value is -4.16. The van der Waals surface area contributed by atoms with Gasteiger partial charge in [0.25, 0.3) is 5.91 Å². The van der Waals surface area contributed by atoms with Crippen molar-refractivity contribution < 1.29 is 31.8 Å². The predicted octanol–water partition coefficient (Wildman–Crippen LogP) is 3.64. The summed E-state index contributed by atoms with van der Waals surface area (Å²) in [5, 5.41) is 0. The minimum Gasteiger partial charge on any atom is -0.490 e. The predicted molar refractivity (Wildman–Crippen MR) is 113 cm³/mol. The zero-order chi connectivity index (χ0) is 24.5. The highest BCUT2D eigenvalue weighted by Gasteiger charge is 2.42. The number of rotatable bonds is 2. The number of aromatic nitrogens is 4. The molecule has 0 aliphatic carbocycles. The number of hydrogen-bond donors (Lipinski definition) is 1. The normalized spacial score (nSPS) is 19.5. The van der Waals surface area contributed by atoms with Crippen LogP contribution in [0.2, 0.25) is 0 Å². The van der Waals surface area contributed by atoms with Crippen LogP contribution < -0.4 is 15.2 Å². The fourth-order valence-corrected chi connectivity index (χ4v) is 4.76. The highest BCUT2D eigenvalue weighted by molar-refractivity contribution is 5.96. The van der Waals surface area contributed by atoms with Crippen molar-refractivity contribution in [2.75, 3.05) is 12.3 Å². The molecule has 1 fully saturated rings. The number of piperidine rings is 1. The lowest BCUT2D eigenvalue weighted by Crippen LogP contribution is -2.47. The molecular formula is C22H16F4N6O3. The van der Waals surface area contributed by atoms with Gasteiger partial charge in [-0.15, -0.1) is 13.2 Å². The van der Waals surface area contributed by atoms with Crippen LogP contribution >= 0.6 is 0 Å². The summed E-state index contributed by atoms with van der Waals surface area (Å²) >= 11 is 0. The molecule has 35 heavy (non-hydrogen) atoms. The van der Waals surface area contributed by atoms with Crippen LogP contribution in [0.25, 0.3) is 16.6 Å². The number of fused-ring (bicyclic) bond motifs is 7. The number of imidazole rings is 1. The van der Waals surface area contributed by atoms with Gasteiger partial charge in [-0.1, -0.05) is 0 Å². The fourth-order valence-electron chi connectivity index (χ4n) is 4.76. The van der Waals surface area contributed by atoms with Gasteiger partial charge >= 0.3 is 6.36 Å². The topological polar surface area (TPSA) is 108 Å². The first kappa shape index (κ1) is 21.4. The molecule has 13 heteroatoms. The molecule has 2 aliphatic heterocycles. The third kappa shape index (κ3) is 3.54. The van der Waals surface area contributed by atoms with Gasteiger partial charge in [0.15, 0.2) is 0 Å². The Balaban J connectivity index is 1.39. The van der Waals surface area contributed by atoms with Crippen molar-refractivity contribution in [2.24, 2.45) is 0 Å². The standard InChI is InChI=1S/C22H16F4N6O3/c23-12-3-11(35-22(24,25)26)5-18-19(12)16-4-10(34-18)1-2-31(16)21(33)13-6-15-14(7-29-13)30-20(27)17-8-28-9-32(15)17/h3,5-10,16H,1-2,4H2,(H2,27,30)/t10-,16+/m0/s1. The van der Waals surface area contributed by atoms with Crippen molar-refractivity contribution >= 4 is 28.3 Å². The number of nitrogens with zero attached hydrogens (tertiary/aromatic N) is 5. The average molecular weight is 488 g/mol. The Morgan fingerprint density at radius 1 is 1.20 bits per heavy atom. The second-order valence-corrected chi connectivity index (χ2v) is 8.35. The van der Waals surface area contributed by atoms with Crippen LogP contribution in [0.5, 0.6) is 11.5 Å². The number of alkyl halides is 3. The summed E-state index contributed by atoms with van der Waals surface area (Å²) in [4.78, 5) is 27.6. The van der Waals surface area contributed by atoms with E-state index in [-0.39, 0.29) is 35.5 Å². The molecule has 6 rings (SSSR count). The molecule has 0 unspecified atom stereocenters. The molecule has 2 N–H and O–H groups in total. The van der Waals surface area contributed by atoms with E-state index in [0.29, 0.717) is 35.5 Å². The molecule has 9 nitrogen and oxygen atoms in total. The maximum absolute atomic E-state index is 15.0. The van der Waals surface area contributed by atoms with E-state index in [9.17, 15) is 18.0 Å². The zero-order valence-corrected chi connectivity index (χ0v) is 17.8. The van der Waals surface area contributed by atoms with Gasteiger partial charge in [0.1, 0.15) is 46.0 Å². The number of nitrogens with two attached hydrogens (primary N) is 1. The molecule has 1 aromatic carbocycles. The number of likely N-dealkylation sites (tertiary alicyclic amines) is 1. The maximum Gasteiger partial charge on any atom is 0.573 e. The van der Waals surface area contributed by atoms with E-state index >= 15 is 4.39 Å². The highest BCUT2D eigenvalue weighted by atomic mass is 19.4. The number of ether oxygens (including phenoxy) is 2. The molecule has 5 heterocycles. The number of pyridine rings is 1. The molecule has 0 radical (unpaired) electrons. The van der Waals surface area contributed by atoms with Crippen LogP contribution in [0.4, 0.5) is 23.4 Å². The molecule has 1 amide bonds. The van der Waals surface area contributed by atoms with Gasteiger partial charge in [0, 0.05) is 31.5 Å². The molecule has 1 saturated heterocycles. The first-order valence-electron chi connectivity index (χ1n) is 10.6. The number of carbonyl (C=O) groups excluding carboxylic acids is 1. The molecule has 0 spiro atoms. The van der Waals surface area contributed by atoms with E-state index in [4.69, 9.17) is 10.5 Å². The minimum absolute atomic E-state index is 0.0102. The van der Waals surface area contributed by atoms with Gasteiger partial charge in [-0.3, -0.25) is 9.20 Å². The van der Waals surface area contributed by atoms with E-state index in [1.807, 2.05) is 0 Å². The smallest absolute Gasteiger partial charge is 0.490 e. The van der Waals surface area contributed by atoms with Crippen LogP contribution in [-0.4, -0.2) is 49.2 Å². The fraction of sp³-hybridized carbons (Fsp3) is 0.273. The molecule has 0 saturated carbocycles. The molecule has 180 valence electrons. The van der Waals surface area contributed by atoms with E-state index in [1.54, 1.807) is 23.0 Å². The van der Waals surface area contributed by atoms with E-state index in [1.165, 1.54) is 11.1 Å². The van der Waals surface area contributed by atoms with Crippen molar-refractivity contribution in [2.45, 2.75) is 31.3 Å². The van der Waals surface area contributed by atoms with Crippen LogP contribution in [0.15, 0.2) is 36.9 Å². The van der Waals surface area contributed by atoms with Gasteiger partial charge in [0.2, 0.25) is 0 Å². The summed E-state index contributed by atoms with van der Waals surface area (Å²) in [7, 11) is 0. The highest BCUT2D eigenvalue weighted by Crippen LogP contribution is 2.46.